The van der Waals surface area contributed by atoms with Crippen LogP contribution in [-0.4, -0.2) is 24.3 Å². The maximum atomic E-state index is 13.0. The van der Waals surface area contributed by atoms with Gasteiger partial charge in [0.25, 0.3) is 0 Å². The van der Waals surface area contributed by atoms with Crippen molar-refractivity contribution in [2.24, 2.45) is 0 Å². The van der Waals surface area contributed by atoms with Gasteiger partial charge in [-0.15, -0.1) is 0 Å². The van der Waals surface area contributed by atoms with Crippen molar-refractivity contribution < 1.29 is 26.7 Å². The molecule has 0 aliphatic carbocycles. The lowest BCUT2D eigenvalue weighted by Crippen LogP contribution is -2.30. The molecule has 0 bridgehead atoms. The second kappa shape index (κ2) is 5.10. The van der Waals surface area contributed by atoms with E-state index in [2.05, 4.69) is 15.9 Å². The smallest absolute Gasteiger partial charge is 0.351 e. The Bertz CT molecular complexity index is 517. The van der Waals surface area contributed by atoms with E-state index in [9.17, 15) is 22.0 Å². The average Bonchev–Trinajstić information content (AvgIpc) is 3.08. The minimum absolute atomic E-state index is 0.0266. The van der Waals surface area contributed by atoms with Crippen LogP contribution in [0.4, 0.5) is 22.0 Å². The highest BCUT2D eigenvalue weighted by atomic mass is 79.9. The molecule has 1 unspecified atom stereocenters. The second-order valence-corrected chi connectivity index (χ2v) is 5.48. The highest BCUT2D eigenvalue weighted by molar-refractivity contribution is 9.09. The van der Waals surface area contributed by atoms with E-state index in [1.165, 1.54) is 0 Å². The van der Waals surface area contributed by atoms with Gasteiger partial charge in [-0.05, 0) is 18.2 Å². The summed E-state index contributed by atoms with van der Waals surface area (Å²) in [4.78, 5) is 0. The molecule has 0 radical (unpaired) electrons. The molecule has 0 spiro atoms. The van der Waals surface area contributed by atoms with Gasteiger partial charge in [0, 0.05) is 15.9 Å². The lowest BCUT2D eigenvalue weighted by molar-refractivity contribution is -0.137. The molecule has 112 valence electrons. The van der Waals surface area contributed by atoms with Crippen molar-refractivity contribution in [2.75, 3.05) is 18.7 Å². The molecule has 0 N–H and O–H groups in total. The summed E-state index contributed by atoms with van der Waals surface area (Å²) in [6.45, 7) is -2.30. The largest absolute Gasteiger partial charge is 0.416 e. The third kappa shape index (κ3) is 2.23. The van der Waals surface area contributed by atoms with E-state index in [4.69, 9.17) is 16.3 Å². The Kier molecular flexibility index (Phi) is 4.08. The number of benzene rings is 1. The van der Waals surface area contributed by atoms with E-state index in [0.717, 1.165) is 18.2 Å². The zero-order valence-electron chi connectivity index (χ0n) is 9.91. The Morgan fingerprint density at radius 1 is 1.20 bits per heavy atom. The van der Waals surface area contributed by atoms with Gasteiger partial charge in [0.15, 0.2) is 5.60 Å². The molecule has 20 heavy (non-hydrogen) atoms. The minimum atomic E-state index is -4.57. The summed E-state index contributed by atoms with van der Waals surface area (Å²) in [5.74, 6) is 0. The number of rotatable bonds is 4. The van der Waals surface area contributed by atoms with Gasteiger partial charge in [-0.3, -0.25) is 0 Å². The predicted octanol–water partition coefficient (Wildman–Crippen LogP) is 4.66. The van der Waals surface area contributed by atoms with E-state index in [0.29, 0.717) is 0 Å². The maximum absolute atomic E-state index is 13.0. The van der Waals surface area contributed by atoms with Crippen molar-refractivity contribution in [3.8, 4) is 0 Å². The van der Waals surface area contributed by atoms with Crippen LogP contribution in [0.1, 0.15) is 11.1 Å². The van der Waals surface area contributed by atoms with Gasteiger partial charge in [-0.25, -0.2) is 8.78 Å². The van der Waals surface area contributed by atoms with Crippen molar-refractivity contribution in [1.82, 2.24) is 0 Å². The van der Waals surface area contributed by atoms with Crippen LogP contribution in [0, 0.1) is 0 Å². The number of alkyl halides is 6. The fourth-order valence-corrected chi connectivity index (χ4v) is 3.34. The van der Waals surface area contributed by atoms with Crippen LogP contribution in [0.3, 0.4) is 0 Å². The Labute approximate surface area is 125 Å². The molecule has 1 aromatic rings. The fourth-order valence-electron chi connectivity index (χ4n) is 2.15. The zero-order chi connectivity index (χ0) is 15.2. The van der Waals surface area contributed by atoms with Gasteiger partial charge < -0.3 is 4.74 Å². The summed E-state index contributed by atoms with van der Waals surface area (Å²) < 4.78 is 69.3. The molecule has 0 amide bonds. The molecular weight excluding hydrogens is 370 g/mol. The molecule has 1 nitrogen and oxygen atoms in total. The third-order valence-corrected chi connectivity index (χ3v) is 4.53. The normalized spacial score (nSPS) is 24.8. The van der Waals surface area contributed by atoms with E-state index in [1.54, 1.807) is 0 Å². The van der Waals surface area contributed by atoms with Crippen LogP contribution in [0.2, 0.25) is 5.02 Å². The first kappa shape index (κ1) is 16.0. The first-order valence-corrected chi connectivity index (χ1v) is 7.01. The first-order chi connectivity index (χ1) is 9.26. The Hall–Kier alpha value is -0.400. The second-order valence-electron chi connectivity index (χ2n) is 4.52. The SMILES string of the molecule is FCC1(CF)OC1(CBr)c1cc(C(F)(F)F)ccc1Cl. The molecular formula is C12H9BrClF5O. The summed E-state index contributed by atoms with van der Waals surface area (Å²) in [6, 6.07) is 2.63. The highest BCUT2D eigenvalue weighted by Crippen LogP contribution is 2.59. The molecule has 0 saturated carbocycles. The summed E-state index contributed by atoms with van der Waals surface area (Å²) >= 11 is 8.92. The van der Waals surface area contributed by atoms with Gasteiger partial charge >= 0.3 is 6.18 Å². The van der Waals surface area contributed by atoms with E-state index >= 15 is 0 Å². The van der Waals surface area contributed by atoms with Gasteiger partial charge in [0.1, 0.15) is 19.0 Å². The molecule has 1 aliphatic rings. The lowest BCUT2D eigenvalue weighted by Gasteiger charge is -2.17. The molecule has 1 atom stereocenters. The lowest BCUT2D eigenvalue weighted by atomic mass is 9.88. The number of hydrogen-bond acceptors (Lipinski definition) is 1. The van der Waals surface area contributed by atoms with Crippen LogP contribution in [0.25, 0.3) is 0 Å². The number of halogens is 7. The quantitative estimate of drug-likeness (QED) is 0.421. The standard InChI is InChI=1S/C12H9BrClF5O/c13-4-11(10(5-15,6-16)20-11)8-3-7(12(17,18)19)1-2-9(8)14/h1-3H,4-6H2. The number of ether oxygens (including phenoxy) is 1. The minimum Gasteiger partial charge on any atom is -0.351 e. The molecule has 2 rings (SSSR count). The molecule has 1 aliphatic heterocycles. The Balaban J connectivity index is 2.52. The highest BCUT2D eigenvalue weighted by Gasteiger charge is 2.71. The summed E-state index contributed by atoms with van der Waals surface area (Å²) in [5, 5.41) is -0.0873. The van der Waals surface area contributed by atoms with Gasteiger partial charge in [-0.1, -0.05) is 27.5 Å². The van der Waals surface area contributed by atoms with E-state index in [1.807, 2.05) is 0 Å². The Morgan fingerprint density at radius 2 is 1.80 bits per heavy atom. The topological polar surface area (TPSA) is 12.5 Å². The van der Waals surface area contributed by atoms with Crippen LogP contribution < -0.4 is 0 Å². The summed E-state index contributed by atoms with van der Waals surface area (Å²) in [6.07, 6.45) is -4.57. The van der Waals surface area contributed by atoms with E-state index < -0.39 is 36.3 Å². The van der Waals surface area contributed by atoms with Crippen molar-refractivity contribution in [3.05, 3.63) is 34.3 Å². The van der Waals surface area contributed by atoms with Crippen molar-refractivity contribution in [2.45, 2.75) is 17.4 Å². The van der Waals surface area contributed by atoms with Gasteiger partial charge in [0.2, 0.25) is 0 Å². The summed E-state index contributed by atoms with van der Waals surface area (Å²) in [7, 11) is 0. The molecule has 1 heterocycles. The fraction of sp³-hybridized carbons (Fsp3) is 0.500. The van der Waals surface area contributed by atoms with Crippen LogP contribution in [0.15, 0.2) is 18.2 Å². The van der Waals surface area contributed by atoms with Crippen LogP contribution in [0.5, 0.6) is 0 Å². The van der Waals surface area contributed by atoms with Gasteiger partial charge in [0.05, 0.1) is 5.56 Å². The monoisotopic (exact) mass is 378 g/mol. The van der Waals surface area contributed by atoms with E-state index in [-0.39, 0.29) is 15.9 Å². The van der Waals surface area contributed by atoms with Gasteiger partial charge in [-0.2, -0.15) is 13.2 Å². The number of epoxide rings is 1. The zero-order valence-corrected chi connectivity index (χ0v) is 12.2. The molecule has 1 fully saturated rings. The predicted molar refractivity (Wildman–Crippen MR) is 67.7 cm³/mol. The summed E-state index contributed by atoms with van der Waals surface area (Å²) in [5.41, 5.74) is -4.31. The molecule has 1 saturated heterocycles. The van der Waals surface area contributed by atoms with Crippen LogP contribution >= 0.6 is 27.5 Å². The first-order valence-electron chi connectivity index (χ1n) is 5.51. The molecule has 0 aromatic heterocycles. The molecule has 1 aromatic carbocycles. The molecule has 8 heteroatoms. The van der Waals surface area contributed by atoms with Crippen molar-refractivity contribution in [3.63, 3.8) is 0 Å². The Morgan fingerprint density at radius 3 is 2.20 bits per heavy atom. The van der Waals surface area contributed by atoms with Crippen molar-refractivity contribution >= 4 is 27.5 Å². The van der Waals surface area contributed by atoms with Crippen molar-refractivity contribution in [1.29, 1.82) is 0 Å². The maximum Gasteiger partial charge on any atom is 0.416 e. The van der Waals surface area contributed by atoms with Crippen LogP contribution in [-0.2, 0) is 16.5 Å². The average molecular weight is 380 g/mol. The third-order valence-electron chi connectivity index (χ3n) is 3.41. The number of hydrogen-bond donors (Lipinski definition) is 0.